The maximum atomic E-state index is 8.79. The molecule has 0 bridgehead atoms. The van der Waals surface area contributed by atoms with Crippen LogP contribution in [0.2, 0.25) is 0 Å². The van der Waals surface area contributed by atoms with Crippen LogP contribution in [-0.4, -0.2) is 0 Å². The quantitative estimate of drug-likeness (QED) is 0.689. The first-order valence-corrected chi connectivity index (χ1v) is 4.32. The van der Waals surface area contributed by atoms with Gasteiger partial charge in [-0.2, -0.15) is 5.26 Å². The van der Waals surface area contributed by atoms with Gasteiger partial charge in [-0.1, -0.05) is 6.07 Å². The van der Waals surface area contributed by atoms with E-state index in [0.29, 0.717) is 11.3 Å². The molecular formula is C9H9BrN2. The van der Waals surface area contributed by atoms with Crippen molar-refractivity contribution in [2.24, 2.45) is 0 Å². The van der Waals surface area contributed by atoms with Crippen molar-refractivity contribution in [3.63, 3.8) is 0 Å². The van der Waals surface area contributed by atoms with E-state index in [4.69, 9.17) is 11.0 Å². The fraction of sp³-hybridized carbons (Fsp3) is 0.222. The van der Waals surface area contributed by atoms with Gasteiger partial charge >= 0.3 is 0 Å². The molecule has 0 spiro atoms. The van der Waals surface area contributed by atoms with Crippen LogP contribution in [0.4, 0.5) is 5.69 Å². The zero-order valence-corrected chi connectivity index (χ0v) is 8.57. The SMILES string of the molecule is Cc1cc(C)c(Br)c(C#N)c1N. The second-order valence-corrected chi connectivity index (χ2v) is 3.52. The molecule has 0 heterocycles. The molecule has 0 aromatic heterocycles. The Labute approximate surface area is 80.1 Å². The molecule has 62 valence electrons. The highest BCUT2D eigenvalue weighted by Crippen LogP contribution is 2.28. The second kappa shape index (κ2) is 3.16. The number of benzene rings is 1. The van der Waals surface area contributed by atoms with E-state index in [1.165, 1.54) is 0 Å². The minimum Gasteiger partial charge on any atom is -0.397 e. The van der Waals surface area contributed by atoms with Crippen LogP contribution >= 0.6 is 15.9 Å². The van der Waals surface area contributed by atoms with Crippen LogP contribution in [0.1, 0.15) is 16.7 Å². The molecule has 0 amide bonds. The van der Waals surface area contributed by atoms with E-state index in [1.54, 1.807) is 0 Å². The maximum Gasteiger partial charge on any atom is 0.103 e. The zero-order chi connectivity index (χ0) is 9.30. The van der Waals surface area contributed by atoms with Crippen LogP contribution in [-0.2, 0) is 0 Å². The molecule has 2 nitrogen and oxygen atoms in total. The average molecular weight is 225 g/mol. The van der Waals surface area contributed by atoms with Gasteiger partial charge in [-0.3, -0.25) is 0 Å². The highest BCUT2D eigenvalue weighted by molar-refractivity contribution is 9.10. The predicted molar refractivity (Wildman–Crippen MR) is 52.7 cm³/mol. The van der Waals surface area contributed by atoms with E-state index in [0.717, 1.165) is 15.6 Å². The summed E-state index contributed by atoms with van der Waals surface area (Å²) in [6, 6.07) is 4.03. The summed E-state index contributed by atoms with van der Waals surface area (Å²) in [7, 11) is 0. The molecule has 0 aliphatic carbocycles. The second-order valence-electron chi connectivity index (χ2n) is 2.72. The van der Waals surface area contributed by atoms with Crippen molar-refractivity contribution >= 4 is 21.6 Å². The molecule has 2 N–H and O–H groups in total. The third-order valence-corrected chi connectivity index (χ3v) is 2.83. The smallest absolute Gasteiger partial charge is 0.103 e. The lowest BCUT2D eigenvalue weighted by atomic mass is 10.1. The van der Waals surface area contributed by atoms with Gasteiger partial charge in [-0.05, 0) is 40.9 Å². The van der Waals surface area contributed by atoms with Gasteiger partial charge in [-0.25, -0.2) is 0 Å². The molecular weight excluding hydrogens is 216 g/mol. The van der Waals surface area contributed by atoms with Gasteiger partial charge in [0.2, 0.25) is 0 Å². The predicted octanol–water partition coefficient (Wildman–Crippen LogP) is 2.52. The number of nitrogen functional groups attached to an aromatic ring is 1. The van der Waals surface area contributed by atoms with Crippen molar-refractivity contribution in [1.29, 1.82) is 5.26 Å². The Balaban J connectivity index is 3.56. The van der Waals surface area contributed by atoms with Crippen molar-refractivity contribution in [3.8, 4) is 6.07 Å². The third kappa shape index (κ3) is 1.30. The van der Waals surface area contributed by atoms with E-state index >= 15 is 0 Å². The van der Waals surface area contributed by atoms with Crippen LogP contribution in [0.15, 0.2) is 10.5 Å². The molecule has 12 heavy (non-hydrogen) atoms. The molecule has 0 fully saturated rings. The number of hydrogen-bond acceptors (Lipinski definition) is 2. The fourth-order valence-electron chi connectivity index (χ4n) is 1.09. The van der Waals surface area contributed by atoms with Gasteiger partial charge in [0.05, 0.1) is 11.3 Å². The van der Waals surface area contributed by atoms with Gasteiger partial charge < -0.3 is 5.73 Å². The zero-order valence-electron chi connectivity index (χ0n) is 6.98. The van der Waals surface area contributed by atoms with Crippen LogP contribution in [0.3, 0.4) is 0 Å². The summed E-state index contributed by atoms with van der Waals surface area (Å²) in [5, 5.41) is 8.79. The van der Waals surface area contributed by atoms with Crippen LogP contribution in [0.25, 0.3) is 0 Å². The Hall–Kier alpha value is -1.01. The van der Waals surface area contributed by atoms with Gasteiger partial charge in [0, 0.05) is 4.47 Å². The minimum absolute atomic E-state index is 0.535. The highest BCUT2D eigenvalue weighted by Gasteiger charge is 2.08. The van der Waals surface area contributed by atoms with Crippen LogP contribution in [0, 0.1) is 25.2 Å². The molecule has 0 radical (unpaired) electrons. The number of halogens is 1. The van der Waals surface area contributed by atoms with Crippen molar-refractivity contribution in [2.75, 3.05) is 5.73 Å². The first-order valence-electron chi connectivity index (χ1n) is 3.53. The number of nitriles is 1. The van der Waals surface area contributed by atoms with E-state index in [1.807, 2.05) is 19.9 Å². The minimum atomic E-state index is 0.535. The normalized spacial score (nSPS) is 9.50. The summed E-state index contributed by atoms with van der Waals surface area (Å²) < 4.78 is 0.799. The molecule has 0 unspecified atom stereocenters. The maximum absolute atomic E-state index is 8.79. The van der Waals surface area contributed by atoms with E-state index in [-0.39, 0.29) is 0 Å². The number of aryl methyl sites for hydroxylation is 2. The lowest BCUT2D eigenvalue weighted by Crippen LogP contribution is -1.96. The Morgan fingerprint density at radius 3 is 2.50 bits per heavy atom. The van der Waals surface area contributed by atoms with Crippen molar-refractivity contribution < 1.29 is 0 Å². The van der Waals surface area contributed by atoms with Gasteiger partial charge in [-0.15, -0.1) is 0 Å². The van der Waals surface area contributed by atoms with E-state index < -0.39 is 0 Å². The Morgan fingerprint density at radius 1 is 1.42 bits per heavy atom. The summed E-state index contributed by atoms with van der Waals surface area (Å²) >= 11 is 3.32. The summed E-state index contributed by atoms with van der Waals surface area (Å²) in [5.74, 6) is 0. The Kier molecular flexibility index (Phi) is 2.39. The first kappa shape index (κ1) is 9.08. The molecule has 0 saturated carbocycles. The van der Waals surface area contributed by atoms with Crippen molar-refractivity contribution in [3.05, 3.63) is 27.2 Å². The molecule has 0 aliphatic rings. The molecule has 0 aliphatic heterocycles. The van der Waals surface area contributed by atoms with Gasteiger partial charge in [0.1, 0.15) is 6.07 Å². The number of anilines is 1. The molecule has 3 heteroatoms. The number of rotatable bonds is 0. The fourth-order valence-corrected chi connectivity index (χ4v) is 1.50. The molecule has 0 atom stereocenters. The number of nitrogens with two attached hydrogens (primary N) is 1. The lowest BCUT2D eigenvalue weighted by molar-refractivity contribution is 1.33. The van der Waals surface area contributed by atoms with Crippen molar-refractivity contribution in [2.45, 2.75) is 13.8 Å². The summed E-state index contributed by atoms with van der Waals surface area (Å²) in [6.07, 6.45) is 0. The Morgan fingerprint density at radius 2 is 2.00 bits per heavy atom. The highest BCUT2D eigenvalue weighted by atomic mass is 79.9. The summed E-state index contributed by atoms with van der Waals surface area (Å²) in [6.45, 7) is 3.84. The average Bonchev–Trinajstić information content (AvgIpc) is 2.02. The van der Waals surface area contributed by atoms with Gasteiger partial charge in [0.15, 0.2) is 0 Å². The first-order chi connectivity index (χ1) is 5.57. The van der Waals surface area contributed by atoms with E-state index in [2.05, 4.69) is 22.0 Å². The van der Waals surface area contributed by atoms with Crippen molar-refractivity contribution in [1.82, 2.24) is 0 Å². The van der Waals surface area contributed by atoms with E-state index in [9.17, 15) is 0 Å². The topological polar surface area (TPSA) is 49.8 Å². The summed E-state index contributed by atoms with van der Waals surface area (Å²) in [4.78, 5) is 0. The molecule has 1 rings (SSSR count). The standard InChI is InChI=1S/C9H9BrN2/c1-5-3-6(2)9(12)7(4-11)8(5)10/h3H,12H2,1-2H3. The number of hydrogen-bond donors (Lipinski definition) is 1. The molecule has 1 aromatic rings. The molecule has 0 saturated heterocycles. The molecule has 1 aromatic carbocycles. The monoisotopic (exact) mass is 224 g/mol. The largest absolute Gasteiger partial charge is 0.397 e. The van der Waals surface area contributed by atoms with Crippen LogP contribution in [0.5, 0.6) is 0 Å². The Bertz CT molecular complexity index is 338. The van der Waals surface area contributed by atoms with Crippen LogP contribution < -0.4 is 5.73 Å². The summed E-state index contributed by atoms with van der Waals surface area (Å²) in [5.41, 5.74) is 8.80. The third-order valence-electron chi connectivity index (χ3n) is 1.80. The number of nitrogens with zero attached hydrogens (tertiary/aromatic N) is 1. The van der Waals surface area contributed by atoms with Gasteiger partial charge in [0.25, 0.3) is 0 Å². The lowest BCUT2D eigenvalue weighted by Gasteiger charge is -2.06.